The lowest BCUT2D eigenvalue weighted by atomic mass is 9.84. The van der Waals surface area contributed by atoms with E-state index in [0.717, 1.165) is 22.5 Å². The first-order chi connectivity index (χ1) is 26.2. The maximum atomic E-state index is 9.30. The zero-order chi connectivity index (χ0) is 39.4. The fraction of sp³-hybridized carbons (Fsp3) is 0.0250. The van der Waals surface area contributed by atoms with Gasteiger partial charge in [0.25, 0.3) is 0 Å². The third kappa shape index (κ3) is 3.84. The Morgan fingerprint density at radius 3 is 1.74 bits per heavy atom. The maximum absolute atomic E-state index is 9.30. The van der Waals surface area contributed by atoms with Crippen LogP contribution in [0.5, 0.6) is 0 Å². The second-order valence-electron chi connectivity index (χ2n) is 9.83. The van der Waals surface area contributed by atoms with Crippen LogP contribution in [0.15, 0.2) is 151 Å². The fourth-order valence-electron chi connectivity index (χ4n) is 5.74. The van der Waals surface area contributed by atoms with E-state index in [2.05, 4.69) is 4.98 Å². The predicted molar refractivity (Wildman–Crippen MR) is 177 cm³/mol. The van der Waals surface area contributed by atoms with Gasteiger partial charge in [-0.2, -0.15) is 0 Å². The third-order valence-electron chi connectivity index (χ3n) is 7.48. The molecule has 8 rings (SSSR count). The first kappa shape index (κ1) is 14.4. The summed E-state index contributed by atoms with van der Waals surface area (Å²) in [6.07, 6.45) is 0. The summed E-state index contributed by atoms with van der Waals surface area (Å²) in [5, 5.41) is -0.129. The summed E-state index contributed by atoms with van der Waals surface area (Å²) in [6.45, 7) is 1.88. The molecule has 0 atom stereocenters. The summed E-state index contributed by atoms with van der Waals surface area (Å²) in [6, 6.07) is 14.1. The van der Waals surface area contributed by atoms with E-state index in [9.17, 15) is 5.48 Å². The molecular formula is C40H28N2. The zero-order valence-corrected chi connectivity index (χ0v) is 22.3. The Kier molecular flexibility index (Phi) is 3.39. The molecule has 0 amide bonds. The van der Waals surface area contributed by atoms with Gasteiger partial charge in [0, 0.05) is 5.69 Å². The predicted octanol–water partition coefficient (Wildman–Crippen LogP) is 10.6. The minimum atomic E-state index is -0.595. The molecule has 0 radical (unpaired) electrons. The van der Waals surface area contributed by atoms with Gasteiger partial charge in [-0.05, 0) is 86.1 Å². The van der Waals surface area contributed by atoms with Crippen molar-refractivity contribution in [2.45, 2.75) is 6.92 Å². The van der Waals surface area contributed by atoms with Crippen molar-refractivity contribution in [2.24, 2.45) is 0 Å². The third-order valence-corrected chi connectivity index (χ3v) is 7.48. The largest absolute Gasteiger partial charge is 0.297 e. The van der Waals surface area contributed by atoms with Gasteiger partial charge in [0.05, 0.1) is 28.9 Å². The Morgan fingerprint density at radius 1 is 0.524 bits per heavy atom. The van der Waals surface area contributed by atoms with Crippen LogP contribution in [0.2, 0.25) is 0 Å². The summed E-state index contributed by atoms with van der Waals surface area (Å²) >= 11 is 0. The lowest BCUT2D eigenvalue weighted by molar-refractivity contribution is 1.00. The van der Waals surface area contributed by atoms with Crippen LogP contribution in [0.1, 0.15) is 23.6 Å². The van der Waals surface area contributed by atoms with Gasteiger partial charge in [-0.1, -0.05) is 127 Å². The number of hydrogen-bond acceptors (Lipinski definition) is 1. The normalized spacial score (nSPS) is 15.8. The molecule has 2 heteroatoms. The first-order valence-corrected chi connectivity index (χ1v) is 13.3. The van der Waals surface area contributed by atoms with Gasteiger partial charge >= 0.3 is 0 Å². The van der Waals surface area contributed by atoms with Crippen molar-refractivity contribution in [3.05, 3.63) is 157 Å². The van der Waals surface area contributed by atoms with Crippen molar-refractivity contribution >= 4 is 32.6 Å². The van der Waals surface area contributed by atoms with Gasteiger partial charge in [0.15, 0.2) is 0 Å². The van der Waals surface area contributed by atoms with E-state index in [4.69, 9.17) is 12.3 Å². The SMILES string of the molecule is [2H]c1c([2H])c([2H])c(-c2ccccc2-c2c3c([2H])c([2H])c([2H])c([2H])c3c(-c3ccc(-n4c(C)nc5ccccc54)cc3)c3c([2H])c([2H])c([2H])c([2H])c23)c([2H])c1[2H]. The molecule has 2 nitrogen and oxygen atoms in total. The molecule has 0 unspecified atom stereocenters. The second-order valence-corrected chi connectivity index (χ2v) is 9.83. The van der Waals surface area contributed by atoms with E-state index < -0.39 is 78.6 Å². The average molecular weight is 550 g/mol. The zero-order valence-electron chi connectivity index (χ0n) is 35.3. The minimum Gasteiger partial charge on any atom is -0.297 e. The van der Waals surface area contributed by atoms with Crippen LogP contribution in [0.3, 0.4) is 0 Å². The van der Waals surface area contributed by atoms with E-state index in [1.807, 2.05) is 47.9 Å². The summed E-state index contributed by atoms with van der Waals surface area (Å²) in [5.41, 5.74) is 3.09. The molecule has 0 spiro atoms. The van der Waals surface area contributed by atoms with Crippen molar-refractivity contribution in [3.8, 4) is 39.1 Å². The van der Waals surface area contributed by atoms with Gasteiger partial charge < -0.3 is 0 Å². The van der Waals surface area contributed by atoms with E-state index in [1.165, 1.54) is 6.07 Å². The topological polar surface area (TPSA) is 17.8 Å². The van der Waals surface area contributed by atoms with Crippen molar-refractivity contribution in [3.63, 3.8) is 0 Å². The molecule has 0 N–H and O–H groups in total. The van der Waals surface area contributed by atoms with Crippen LogP contribution < -0.4 is 0 Å². The average Bonchev–Trinajstić information content (AvgIpc) is 3.53. The Morgan fingerprint density at radius 2 is 1.07 bits per heavy atom. The smallest absolute Gasteiger partial charge is 0.111 e. The molecule has 1 aromatic heterocycles. The molecule has 198 valence electrons. The molecule has 0 aliphatic carbocycles. The van der Waals surface area contributed by atoms with Crippen molar-refractivity contribution in [2.75, 3.05) is 0 Å². The number of fused-ring (bicyclic) bond motifs is 3. The van der Waals surface area contributed by atoms with Gasteiger partial charge in [-0.15, -0.1) is 0 Å². The van der Waals surface area contributed by atoms with Crippen LogP contribution in [-0.4, -0.2) is 9.55 Å². The van der Waals surface area contributed by atoms with Crippen molar-refractivity contribution in [1.29, 1.82) is 0 Å². The summed E-state index contributed by atoms with van der Waals surface area (Å²) < 4.78 is 117. The fourth-order valence-corrected chi connectivity index (χ4v) is 5.74. The molecule has 0 saturated carbocycles. The van der Waals surface area contributed by atoms with Crippen LogP contribution in [-0.2, 0) is 0 Å². The lowest BCUT2D eigenvalue weighted by Crippen LogP contribution is -1.97. The summed E-state index contributed by atoms with van der Waals surface area (Å²) in [5.74, 6) is 0.732. The van der Waals surface area contributed by atoms with Crippen molar-refractivity contribution < 1.29 is 17.8 Å². The molecule has 0 saturated heterocycles. The number of aromatic nitrogens is 2. The van der Waals surface area contributed by atoms with Crippen molar-refractivity contribution in [1.82, 2.24) is 9.55 Å². The van der Waals surface area contributed by atoms with E-state index >= 15 is 0 Å². The molecule has 42 heavy (non-hydrogen) atoms. The van der Waals surface area contributed by atoms with Crippen LogP contribution in [0.4, 0.5) is 0 Å². The molecule has 0 fully saturated rings. The number of hydrogen-bond donors (Lipinski definition) is 0. The number of benzene rings is 7. The Labute approximate surface area is 263 Å². The molecule has 0 bridgehead atoms. The van der Waals surface area contributed by atoms with Gasteiger partial charge in [0.2, 0.25) is 0 Å². The van der Waals surface area contributed by atoms with Gasteiger partial charge in [-0.25, -0.2) is 4.98 Å². The number of aryl methyl sites for hydroxylation is 1. The van der Waals surface area contributed by atoms with E-state index in [0.29, 0.717) is 5.56 Å². The lowest BCUT2D eigenvalue weighted by Gasteiger charge is -2.20. The monoisotopic (exact) mass is 549 g/mol. The Hall–Kier alpha value is -5.47. The highest BCUT2D eigenvalue weighted by atomic mass is 15.1. The molecule has 1 heterocycles. The van der Waals surface area contributed by atoms with E-state index in [-0.39, 0.29) is 49.4 Å². The van der Waals surface area contributed by atoms with E-state index in [1.54, 1.807) is 30.3 Å². The number of imidazole rings is 1. The quantitative estimate of drug-likeness (QED) is 0.200. The summed E-state index contributed by atoms with van der Waals surface area (Å²) in [7, 11) is 0. The molecule has 7 aromatic carbocycles. The number of para-hydroxylation sites is 2. The van der Waals surface area contributed by atoms with Gasteiger partial charge in [0.1, 0.15) is 5.82 Å². The highest BCUT2D eigenvalue weighted by Crippen LogP contribution is 2.46. The van der Waals surface area contributed by atoms with Crippen LogP contribution in [0.25, 0.3) is 71.6 Å². The maximum Gasteiger partial charge on any atom is 0.111 e. The van der Waals surface area contributed by atoms with Gasteiger partial charge in [-0.3, -0.25) is 4.57 Å². The minimum absolute atomic E-state index is 0.00675. The standard InChI is InChI=1S/C40H28N2/c1-27-41-37-21-11-12-22-38(37)42(27)30-25-23-29(24-26-30)39-33-17-7-9-19-35(33)40(36-20-10-8-18-34(36)39)32-16-6-5-15-31(32)28-13-3-2-4-14-28/h2-26H,1H3/i2D,3D,4D,7D,8D,9D,10D,13D,14D,17D,18D,19D,20D. The Balaban J connectivity index is 1.56. The van der Waals surface area contributed by atoms with Crippen LogP contribution in [0, 0.1) is 6.92 Å². The molecule has 0 aliphatic rings. The molecule has 8 aromatic rings. The highest BCUT2D eigenvalue weighted by Gasteiger charge is 2.19. The highest BCUT2D eigenvalue weighted by molar-refractivity contribution is 6.22. The first-order valence-electron chi connectivity index (χ1n) is 19.8. The van der Waals surface area contributed by atoms with Crippen LogP contribution >= 0.6 is 0 Å². The summed E-state index contributed by atoms with van der Waals surface area (Å²) in [4.78, 5) is 4.66. The number of rotatable bonds is 4. The molecule has 0 aliphatic heterocycles. The number of nitrogens with zero attached hydrogens (tertiary/aromatic N) is 2. The second kappa shape index (κ2) is 9.87. The Bertz CT molecular complexity index is 2860. The molecular weight excluding hydrogens is 508 g/mol.